The zero-order valence-electron chi connectivity index (χ0n) is 11.4. The average Bonchev–Trinajstić information content (AvgIpc) is 2.84. The molecule has 2 rings (SSSR count). The molecule has 116 valence electrons. The number of rotatable bonds is 5. The van der Waals surface area contributed by atoms with Gasteiger partial charge in [-0.05, 0) is 43.7 Å². The van der Waals surface area contributed by atoms with Crippen molar-refractivity contribution >= 4 is 27.8 Å². The van der Waals surface area contributed by atoms with Crippen molar-refractivity contribution < 1.29 is 22.7 Å². The normalized spacial score (nSPS) is 22.4. The van der Waals surface area contributed by atoms with Crippen LogP contribution in [-0.4, -0.2) is 36.5 Å². The Balaban J connectivity index is 2.23. The Kier molecular flexibility index (Phi) is 4.60. The van der Waals surface area contributed by atoms with E-state index in [1.807, 2.05) is 6.92 Å². The highest BCUT2D eigenvalue weighted by atomic mass is 32.2. The zero-order valence-corrected chi connectivity index (χ0v) is 13.1. The topological polar surface area (TPSA) is 83.5 Å². The van der Waals surface area contributed by atoms with Crippen LogP contribution in [0.4, 0.5) is 4.39 Å². The van der Waals surface area contributed by atoms with Crippen LogP contribution in [0.5, 0.6) is 0 Å². The fourth-order valence-electron chi connectivity index (χ4n) is 2.14. The lowest BCUT2D eigenvalue weighted by atomic mass is 10.1. The van der Waals surface area contributed by atoms with E-state index < -0.39 is 26.7 Å². The number of carboxylic acid groups (broad SMARTS) is 1. The SMILES string of the molecule is CC1(CNS(=O)(=O)c2cc(C(=O)O)ccc2F)CCCS1. The van der Waals surface area contributed by atoms with Gasteiger partial charge >= 0.3 is 5.97 Å². The van der Waals surface area contributed by atoms with Crippen molar-refractivity contribution in [1.29, 1.82) is 0 Å². The molecule has 1 saturated heterocycles. The third-order valence-corrected chi connectivity index (χ3v) is 6.36. The lowest BCUT2D eigenvalue weighted by Crippen LogP contribution is -2.37. The first kappa shape index (κ1) is 16.3. The molecule has 0 spiro atoms. The molecule has 8 heteroatoms. The maximum absolute atomic E-state index is 13.7. The van der Waals surface area contributed by atoms with Gasteiger partial charge in [-0.3, -0.25) is 0 Å². The molecule has 1 aliphatic rings. The maximum Gasteiger partial charge on any atom is 0.335 e. The van der Waals surface area contributed by atoms with Crippen LogP contribution in [0.3, 0.4) is 0 Å². The molecule has 1 aliphatic heterocycles. The van der Waals surface area contributed by atoms with Gasteiger partial charge in [0.2, 0.25) is 10.0 Å². The quantitative estimate of drug-likeness (QED) is 0.862. The molecule has 0 aromatic heterocycles. The van der Waals surface area contributed by atoms with Gasteiger partial charge in [-0.25, -0.2) is 22.3 Å². The number of carboxylic acids is 1. The Labute approximate surface area is 127 Å². The monoisotopic (exact) mass is 333 g/mol. The molecule has 0 radical (unpaired) electrons. The van der Waals surface area contributed by atoms with Gasteiger partial charge in [0, 0.05) is 11.3 Å². The Morgan fingerprint density at radius 1 is 1.52 bits per heavy atom. The minimum Gasteiger partial charge on any atom is -0.478 e. The van der Waals surface area contributed by atoms with Crippen molar-refractivity contribution in [2.75, 3.05) is 12.3 Å². The highest BCUT2D eigenvalue weighted by Crippen LogP contribution is 2.37. The van der Waals surface area contributed by atoms with Crippen molar-refractivity contribution in [2.24, 2.45) is 0 Å². The molecule has 1 unspecified atom stereocenters. The maximum atomic E-state index is 13.7. The molecule has 0 saturated carbocycles. The minimum absolute atomic E-state index is 0.191. The van der Waals surface area contributed by atoms with E-state index in [2.05, 4.69) is 4.72 Å². The van der Waals surface area contributed by atoms with E-state index in [9.17, 15) is 17.6 Å². The van der Waals surface area contributed by atoms with Crippen LogP contribution in [0.2, 0.25) is 0 Å². The van der Waals surface area contributed by atoms with Gasteiger partial charge in [0.25, 0.3) is 0 Å². The predicted molar refractivity (Wildman–Crippen MR) is 78.6 cm³/mol. The molecule has 1 fully saturated rings. The minimum atomic E-state index is -4.07. The summed E-state index contributed by atoms with van der Waals surface area (Å²) in [7, 11) is -4.07. The average molecular weight is 333 g/mol. The molecule has 0 aliphatic carbocycles. The fourth-order valence-corrected chi connectivity index (χ4v) is 4.75. The predicted octanol–water partition coefficient (Wildman–Crippen LogP) is 2.09. The molecular formula is C13H16FNO4S2. The fraction of sp³-hybridized carbons (Fsp3) is 0.462. The molecule has 1 aromatic carbocycles. The van der Waals surface area contributed by atoms with E-state index in [0.29, 0.717) is 0 Å². The summed E-state index contributed by atoms with van der Waals surface area (Å²) in [6.07, 6.45) is 1.91. The number of sulfonamides is 1. The molecule has 1 aromatic rings. The number of hydrogen-bond donors (Lipinski definition) is 2. The van der Waals surface area contributed by atoms with Gasteiger partial charge in [0.1, 0.15) is 10.7 Å². The lowest BCUT2D eigenvalue weighted by molar-refractivity contribution is 0.0696. The highest BCUT2D eigenvalue weighted by Gasteiger charge is 2.32. The van der Waals surface area contributed by atoms with Gasteiger partial charge in [-0.2, -0.15) is 11.8 Å². The van der Waals surface area contributed by atoms with Crippen molar-refractivity contribution in [3.63, 3.8) is 0 Å². The molecule has 0 amide bonds. The second-order valence-corrected chi connectivity index (χ2v) is 8.59. The van der Waals surface area contributed by atoms with Crippen LogP contribution in [0.15, 0.2) is 23.1 Å². The van der Waals surface area contributed by atoms with Gasteiger partial charge in [0.15, 0.2) is 0 Å². The number of thioether (sulfide) groups is 1. The van der Waals surface area contributed by atoms with Crippen LogP contribution in [0.25, 0.3) is 0 Å². The van der Waals surface area contributed by atoms with Gasteiger partial charge < -0.3 is 5.11 Å². The van der Waals surface area contributed by atoms with Gasteiger partial charge in [0.05, 0.1) is 5.56 Å². The van der Waals surface area contributed by atoms with Crippen LogP contribution in [-0.2, 0) is 10.0 Å². The summed E-state index contributed by atoms with van der Waals surface area (Å²) in [6, 6.07) is 2.72. The second-order valence-electron chi connectivity index (χ2n) is 5.18. The Morgan fingerprint density at radius 3 is 2.81 bits per heavy atom. The smallest absolute Gasteiger partial charge is 0.335 e. The van der Waals surface area contributed by atoms with E-state index in [4.69, 9.17) is 5.11 Å². The summed E-state index contributed by atoms with van der Waals surface area (Å²) in [4.78, 5) is 10.2. The largest absolute Gasteiger partial charge is 0.478 e. The summed E-state index contributed by atoms with van der Waals surface area (Å²) in [6.45, 7) is 2.15. The Hall–Kier alpha value is -1.12. The molecule has 21 heavy (non-hydrogen) atoms. The first-order valence-electron chi connectivity index (χ1n) is 6.40. The standard InChI is InChI=1S/C13H16FNO4S2/c1-13(5-2-6-20-13)8-15-21(18,19)11-7-9(12(16)17)3-4-10(11)14/h3-4,7,15H,2,5-6,8H2,1H3,(H,16,17). The first-order chi connectivity index (χ1) is 9.73. The van der Waals surface area contributed by atoms with Crippen LogP contribution >= 0.6 is 11.8 Å². The molecule has 1 atom stereocenters. The number of nitrogens with one attached hydrogen (secondary N) is 1. The summed E-state index contributed by atoms with van der Waals surface area (Å²) in [5.74, 6) is -1.29. The van der Waals surface area contributed by atoms with Crippen molar-refractivity contribution in [2.45, 2.75) is 29.4 Å². The van der Waals surface area contributed by atoms with Crippen LogP contribution < -0.4 is 4.72 Å². The molecule has 1 heterocycles. The molecule has 2 N–H and O–H groups in total. The zero-order chi connectivity index (χ0) is 15.7. The summed E-state index contributed by atoms with van der Waals surface area (Å²) in [5, 5.41) is 8.87. The number of aromatic carboxylic acids is 1. The number of halogens is 1. The van der Waals surface area contributed by atoms with Gasteiger partial charge in [-0.1, -0.05) is 0 Å². The number of hydrogen-bond acceptors (Lipinski definition) is 4. The van der Waals surface area contributed by atoms with Crippen molar-refractivity contribution in [3.05, 3.63) is 29.6 Å². The van der Waals surface area contributed by atoms with E-state index in [1.165, 1.54) is 0 Å². The molecule has 5 nitrogen and oxygen atoms in total. The Morgan fingerprint density at radius 2 is 2.24 bits per heavy atom. The van der Waals surface area contributed by atoms with E-state index in [-0.39, 0.29) is 16.9 Å². The summed E-state index contributed by atoms with van der Waals surface area (Å²) >= 11 is 1.68. The van der Waals surface area contributed by atoms with Crippen molar-refractivity contribution in [1.82, 2.24) is 4.72 Å². The third kappa shape index (κ3) is 3.75. The summed E-state index contributed by atoms with van der Waals surface area (Å²) < 4.78 is 40.2. The number of benzene rings is 1. The van der Waals surface area contributed by atoms with Crippen molar-refractivity contribution in [3.8, 4) is 0 Å². The Bertz CT molecular complexity index is 654. The molecular weight excluding hydrogens is 317 g/mol. The van der Waals surface area contributed by atoms with Crippen LogP contribution in [0.1, 0.15) is 30.1 Å². The van der Waals surface area contributed by atoms with Gasteiger partial charge in [-0.15, -0.1) is 0 Å². The van der Waals surface area contributed by atoms with E-state index in [1.54, 1.807) is 11.8 Å². The van der Waals surface area contributed by atoms with Crippen LogP contribution in [0, 0.1) is 5.82 Å². The lowest BCUT2D eigenvalue weighted by Gasteiger charge is -2.22. The van der Waals surface area contributed by atoms with E-state index in [0.717, 1.165) is 36.8 Å². The first-order valence-corrected chi connectivity index (χ1v) is 8.87. The molecule has 0 bridgehead atoms. The highest BCUT2D eigenvalue weighted by molar-refractivity contribution is 8.01. The third-order valence-electron chi connectivity index (χ3n) is 3.40. The second kappa shape index (κ2) is 5.94. The van der Waals surface area contributed by atoms with E-state index >= 15 is 0 Å². The number of carbonyl (C=O) groups is 1. The summed E-state index contributed by atoms with van der Waals surface area (Å²) in [5.41, 5.74) is -0.266.